The average Bonchev–Trinajstić information content (AvgIpc) is 2.85. The minimum Gasteiger partial charge on any atom is -0.504 e. The van der Waals surface area contributed by atoms with Gasteiger partial charge in [0.25, 0.3) is 0 Å². The van der Waals surface area contributed by atoms with Crippen LogP contribution in [0.5, 0.6) is 11.5 Å². The molecule has 22 heavy (non-hydrogen) atoms. The molecule has 1 aromatic rings. The van der Waals surface area contributed by atoms with E-state index >= 15 is 0 Å². The zero-order chi connectivity index (χ0) is 15.3. The molecule has 2 aliphatic heterocycles. The Bertz CT molecular complexity index is 757. The Hall–Kier alpha value is -1.85. The molecular formula is C17H17NO4. The number of likely N-dealkylation sites (N-methyl/N-ethyl adjacent to an activating group) is 1. The van der Waals surface area contributed by atoms with Gasteiger partial charge in [0.05, 0.1) is 5.41 Å². The smallest absolute Gasteiger partial charge is 0.196 e. The molecule has 2 N–H and O–H groups in total. The summed E-state index contributed by atoms with van der Waals surface area (Å²) in [5.74, 6) is 0.312. The van der Waals surface area contributed by atoms with E-state index in [1.807, 2.05) is 13.1 Å². The molecule has 1 saturated heterocycles. The number of carbonyl (C=O) groups is 1. The van der Waals surface area contributed by atoms with Crippen molar-refractivity contribution >= 4 is 5.78 Å². The number of nitrogens with zero attached hydrogens (tertiary/aromatic N) is 1. The molecule has 5 rings (SSSR count). The van der Waals surface area contributed by atoms with Crippen LogP contribution in [0.3, 0.4) is 0 Å². The van der Waals surface area contributed by atoms with Crippen molar-refractivity contribution in [1.82, 2.24) is 4.90 Å². The summed E-state index contributed by atoms with van der Waals surface area (Å²) >= 11 is 0. The predicted octanol–water partition coefficient (Wildman–Crippen LogP) is 0.521. The lowest BCUT2D eigenvalue weighted by Crippen LogP contribution is -2.74. The van der Waals surface area contributed by atoms with E-state index in [1.54, 1.807) is 12.1 Å². The number of phenolic OH excluding ortho intramolecular Hbond substituents is 1. The fourth-order valence-corrected chi connectivity index (χ4v) is 5.13. The second-order valence-electron chi connectivity index (χ2n) is 6.93. The Morgan fingerprint density at radius 3 is 3.05 bits per heavy atom. The Balaban J connectivity index is 1.91. The van der Waals surface area contributed by atoms with Gasteiger partial charge in [-0.3, -0.25) is 9.69 Å². The first-order chi connectivity index (χ1) is 10.5. The number of phenols is 1. The van der Waals surface area contributed by atoms with Gasteiger partial charge in [-0.2, -0.15) is 0 Å². The summed E-state index contributed by atoms with van der Waals surface area (Å²) in [6, 6.07) is 3.44. The largest absolute Gasteiger partial charge is 0.504 e. The molecule has 1 spiro atoms. The first kappa shape index (κ1) is 12.7. The fourth-order valence-electron chi connectivity index (χ4n) is 5.13. The second kappa shape index (κ2) is 3.55. The molecule has 0 radical (unpaired) electrons. The van der Waals surface area contributed by atoms with E-state index in [-0.39, 0.29) is 17.6 Å². The molecule has 0 amide bonds. The molecule has 4 aliphatic rings. The summed E-state index contributed by atoms with van der Waals surface area (Å²) < 4.78 is 5.89. The third-order valence-corrected chi connectivity index (χ3v) is 6.14. The van der Waals surface area contributed by atoms with E-state index < -0.39 is 17.1 Å². The molecule has 0 aromatic heterocycles. The van der Waals surface area contributed by atoms with Crippen LogP contribution in [0.15, 0.2) is 24.3 Å². The molecule has 2 aliphatic carbocycles. The van der Waals surface area contributed by atoms with Crippen molar-refractivity contribution in [2.24, 2.45) is 0 Å². The van der Waals surface area contributed by atoms with Gasteiger partial charge in [-0.25, -0.2) is 0 Å². The average molecular weight is 299 g/mol. The molecule has 1 aromatic carbocycles. The number of ketones is 1. The summed E-state index contributed by atoms with van der Waals surface area (Å²) in [6.45, 7) is 0.794. The first-order valence-electron chi connectivity index (χ1n) is 7.67. The quantitative estimate of drug-likeness (QED) is 0.731. The van der Waals surface area contributed by atoms with Gasteiger partial charge in [0.1, 0.15) is 5.60 Å². The fraction of sp³-hybridized carbons (Fsp3) is 0.471. The van der Waals surface area contributed by atoms with Crippen molar-refractivity contribution in [3.8, 4) is 11.5 Å². The third-order valence-electron chi connectivity index (χ3n) is 6.14. The van der Waals surface area contributed by atoms with Crippen LogP contribution in [-0.2, 0) is 16.6 Å². The lowest BCUT2D eigenvalue weighted by atomic mass is 9.51. The number of likely N-dealkylation sites (tertiary alicyclic amines) is 1. The zero-order valence-corrected chi connectivity index (χ0v) is 12.2. The molecule has 5 heteroatoms. The molecule has 2 heterocycles. The molecule has 5 nitrogen and oxygen atoms in total. The highest BCUT2D eigenvalue weighted by molar-refractivity contribution is 5.99. The summed E-state index contributed by atoms with van der Waals surface area (Å²) in [5.41, 5.74) is 0.0177. The number of piperidine rings is 1. The van der Waals surface area contributed by atoms with E-state index in [1.165, 1.54) is 6.08 Å². The predicted molar refractivity (Wildman–Crippen MR) is 78.0 cm³/mol. The summed E-state index contributed by atoms with van der Waals surface area (Å²) in [6.07, 6.45) is 3.70. The Morgan fingerprint density at radius 2 is 2.23 bits per heavy atom. The monoisotopic (exact) mass is 299 g/mol. The van der Waals surface area contributed by atoms with Crippen molar-refractivity contribution in [3.05, 3.63) is 35.4 Å². The van der Waals surface area contributed by atoms with E-state index in [2.05, 4.69) is 4.90 Å². The first-order valence-corrected chi connectivity index (χ1v) is 7.67. The van der Waals surface area contributed by atoms with E-state index in [0.29, 0.717) is 18.6 Å². The van der Waals surface area contributed by atoms with Crippen LogP contribution in [0, 0.1) is 0 Å². The number of rotatable bonds is 0. The Labute approximate surface area is 127 Å². The van der Waals surface area contributed by atoms with Crippen LogP contribution in [0.1, 0.15) is 17.5 Å². The molecule has 1 fully saturated rings. The number of aromatic hydroxyl groups is 1. The van der Waals surface area contributed by atoms with Crippen LogP contribution in [-0.4, -0.2) is 52.2 Å². The standard InChI is InChI=1S/C17H17NO4/c1-18-7-6-16-13-9-2-3-10(19)14(13)22-15(16)11(20)4-5-17(16,21)12(18)8-9/h2-5,12,15,19,21H,6-8H2,1H3/t12-,15-,16+,17+/m1/s1. The number of hydrogen-bond acceptors (Lipinski definition) is 5. The van der Waals surface area contributed by atoms with Crippen LogP contribution >= 0.6 is 0 Å². The second-order valence-corrected chi connectivity index (χ2v) is 6.93. The van der Waals surface area contributed by atoms with Crippen molar-refractivity contribution in [2.75, 3.05) is 13.6 Å². The van der Waals surface area contributed by atoms with E-state index in [4.69, 9.17) is 4.74 Å². The van der Waals surface area contributed by atoms with Crippen molar-refractivity contribution in [1.29, 1.82) is 0 Å². The third kappa shape index (κ3) is 1.08. The minimum absolute atomic E-state index is 0.0510. The minimum atomic E-state index is -1.13. The van der Waals surface area contributed by atoms with Crippen LogP contribution in [0.25, 0.3) is 0 Å². The number of ether oxygens (including phenoxy) is 1. The van der Waals surface area contributed by atoms with Crippen molar-refractivity contribution in [2.45, 2.75) is 36.0 Å². The van der Waals surface area contributed by atoms with E-state index in [9.17, 15) is 15.0 Å². The SMILES string of the molecule is CN1CC[C@]23c4c5ccc(O)c4O[C@@H]2C(=O)C=C[C@]3(O)[C@H]1C5. The van der Waals surface area contributed by atoms with Gasteiger partial charge >= 0.3 is 0 Å². The van der Waals surface area contributed by atoms with E-state index in [0.717, 1.165) is 17.7 Å². The molecule has 4 atom stereocenters. The molecule has 0 unspecified atom stereocenters. The zero-order valence-electron chi connectivity index (χ0n) is 12.2. The highest BCUT2D eigenvalue weighted by Crippen LogP contribution is 2.63. The van der Waals surface area contributed by atoms with Gasteiger partial charge in [0.15, 0.2) is 23.4 Å². The van der Waals surface area contributed by atoms with Gasteiger partial charge < -0.3 is 14.9 Å². The number of hydrogen-bond donors (Lipinski definition) is 2. The molecule has 0 saturated carbocycles. The topological polar surface area (TPSA) is 70.0 Å². The maximum absolute atomic E-state index is 12.4. The Kier molecular flexibility index (Phi) is 2.04. The van der Waals surface area contributed by atoms with Crippen LogP contribution in [0.4, 0.5) is 0 Å². The van der Waals surface area contributed by atoms with Crippen LogP contribution in [0.2, 0.25) is 0 Å². The van der Waals surface area contributed by atoms with Crippen LogP contribution < -0.4 is 4.74 Å². The van der Waals surface area contributed by atoms with Crippen molar-refractivity contribution in [3.63, 3.8) is 0 Å². The highest BCUT2D eigenvalue weighted by Gasteiger charge is 2.71. The van der Waals surface area contributed by atoms with Gasteiger partial charge in [0, 0.05) is 11.6 Å². The van der Waals surface area contributed by atoms with Crippen molar-refractivity contribution < 1.29 is 19.7 Å². The number of aliphatic hydroxyl groups is 1. The lowest BCUT2D eigenvalue weighted by molar-refractivity contribution is -0.151. The summed E-state index contributed by atoms with van der Waals surface area (Å²) in [5, 5.41) is 21.7. The van der Waals surface area contributed by atoms with Gasteiger partial charge in [-0.15, -0.1) is 0 Å². The van der Waals surface area contributed by atoms with Gasteiger partial charge in [-0.1, -0.05) is 6.07 Å². The van der Waals surface area contributed by atoms with Gasteiger partial charge in [0.2, 0.25) is 0 Å². The molecular weight excluding hydrogens is 282 g/mol. The summed E-state index contributed by atoms with van der Waals surface area (Å²) in [4.78, 5) is 14.6. The Morgan fingerprint density at radius 1 is 1.41 bits per heavy atom. The lowest BCUT2D eigenvalue weighted by Gasteiger charge is -2.60. The normalized spacial score (nSPS) is 41.3. The highest BCUT2D eigenvalue weighted by atomic mass is 16.5. The maximum Gasteiger partial charge on any atom is 0.196 e. The molecule has 114 valence electrons. The molecule has 2 bridgehead atoms. The number of carbonyl (C=O) groups excluding carboxylic acids is 1. The number of benzene rings is 1. The van der Waals surface area contributed by atoms with Gasteiger partial charge in [-0.05, 0) is 50.2 Å². The summed E-state index contributed by atoms with van der Waals surface area (Å²) in [7, 11) is 2.01. The maximum atomic E-state index is 12.4.